The Morgan fingerprint density at radius 1 is 0.667 bits per heavy atom. The van der Waals surface area contributed by atoms with Crippen molar-refractivity contribution in [2.75, 3.05) is 0 Å². The van der Waals surface area contributed by atoms with E-state index in [-0.39, 0.29) is 34.2 Å². The summed E-state index contributed by atoms with van der Waals surface area (Å²) in [6.45, 7) is 8.44. The van der Waals surface area contributed by atoms with E-state index in [1.54, 1.807) is 0 Å². The van der Waals surface area contributed by atoms with Gasteiger partial charge in [-0.15, -0.1) is 0 Å². The zero-order valence-corrected chi connectivity index (χ0v) is 24.0. The number of fused-ring (bicyclic) bond motifs is 2. The second-order valence-corrected chi connectivity index (χ2v) is 13.9. The standard InChI is InChI=1S/C30H28Br2O4/c1-29(2)11-19(33)27-23(13-29)35-21-7-5-15(31)9-17(21)25(27)26-18-10-16(32)6-8-22(18)36-24-14-30(3,4)12-20(34)28(24)26/h5-10,25-26H,11-14H2,1-4H3. The van der Waals surface area contributed by atoms with Gasteiger partial charge in [0.2, 0.25) is 0 Å². The Kier molecular flexibility index (Phi) is 5.48. The SMILES string of the molecule is CC1(C)CC(=O)C2=C(C1)Oc1ccc(Br)cc1C2C1C2=C(CC(C)(C)CC2=O)Oc2ccc(Br)cc21. The Morgan fingerprint density at radius 2 is 1.06 bits per heavy atom. The maximum absolute atomic E-state index is 13.8. The molecule has 2 heterocycles. The largest absolute Gasteiger partial charge is 0.461 e. The summed E-state index contributed by atoms with van der Waals surface area (Å²) in [5.41, 5.74) is 2.92. The zero-order valence-electron chi connectivity index (χ0n) is 20.8. The Bertz CT molecular complexity index is 1300. The third kappa shape index (κ3) is 3.92. The minimum Gasteiger partial charge on any atom is -0.461 e. The van der Waals surface area contributed by atoms with Crippen molar-refractivity contribution in [3.8, 4) is 11.5 Å². The number of hydrogen-bond donors (Lipinski definition) is 0. The van der Waals surface area contributed by atoms with E-state index < -0.39 is 0 Å². The van der Waals surface area contributed by atoms with E-state index in [2.05, 4.69) is 59.6 Å². The topological polar surface area (TPSA) is 52.6 Å². The van der Waals surface area contributed by atoms with Crippen LogP contribution in [0, 0.1) is 10.8 Å². The number of ether oxygens (including phenoxy) is 2. The minimum absolute atomic E-state index is 0.102. The lowest BCUT2D eigenvalue weighted by molar-refractivity contribution is -0.120. The van der Waals surface area contributed by atoms with Crippen LogP contribution in [0.2, 0.25) is 0 Å². The molecule has 0 aromatic heterocycles. The Hall–Kier alpha value is -2.18. The van der Waals surface area contributed by atoms with Gasteiger partial charge >= 0.3 is 0 Å². The van der Waals surface area contributed by atoms with Crippen LogP contribution in [-0.2, 0) is 9.59 Å². The molecule has 6 heteroatoms. The van der Waals surface area contributed by atoms with E-state index in [0.717, 1.165) is 43.1 Å². The van der Waals surface area contributed by atoms with Crippen LogP contribution in [0.25, 0.3) is 0 Å². The number of ketones is 2. The number of Topliss-reactive ketones (excluding diaryl/α,β-unsaturated/α-hetero) is 2. The van der Waals surface area contributed by atoms with Crippen LogP contribution in [0.3, 0.4) is 0 Å². The summed E-state index contributed by atoms with van der Waals surface area (Å²) >= 11 is 7.27. The molecular weight excluding hydrogens is 584 g/mol. The summed E-state index contributed by atoms with van der Waals surface area (Å²) in [4.78, 5) is 27.6. The highest BCUT2D eigenvalue weighted by Gasteiger charge is 2.50. The first-order chi connectivity index (χ1) is 16.9. The van der Waals surface area contributed by atoms with Gasteiger partial charge in [0, 0.05) is 68.7 Å². The summed E-state index contributed by atoms with van der Waals surface area (Å²) in [5.74, 6) is 2.52. The fourth-order valence-electron chi connectivity index (χ4n) is 6.41. The summed E-state index contributed by atoms with van der Waals surface area (Å²) in [6.07, 6.45) is 2.27. The highest BCUT2D eigenvalue weighted by atomic mass is 79.9. The number of benzene rings is 2. The van der Waals surface area contributed by atoms with Crippen LogP contribution in [0.1, 0.15) is 76.3 Å². The van der Waals surface area contributed by atoms with E-state index in [1.165, 1.54) is 0 Å². The van der Waals surface area contributed by atoms with E-state index >= 15 is 0 Å². The molecule has 2 atom stereocenters. The average molecular weight is 612 g/mol. The van der Waals surface area contributed by atoms with Gasteiger partial charge in [-0.05, 0) is 47.2 Å². The number of allylic oxidation sites excluding steroid dienone is 4. The number of halogens is 2. The third-order valence-corrected chi connectivity index (χ3v) is 8.78. The lowest BCUT2D eigenvalue weighted by Gasteiger charge is -2.44. The van der Waals surface area contributed by atoms with Gasteiger partial charge in [0.1, 0.15) is 23.0 Å². The fourth-order valence-corrected chi connectivity index (χ4v) is 7.17. The van der Waals surface area contributed by atoms with E-state index in [4.69, 9.17) is 9.47 Å². The number of carbonyl (C=O) groups is 2. The molecule has 2 unspecified atom stereocenters. The number of hydrogen-bond acceptors (Lipinski definition) is 4. The summed E-state index contributed by atoms with van der Waals surface area (Å²) in [5, 5.41) is 0. The van der Waals surface area contributed by atoms with Gasteiger partial charge in [0.05, 0.1) is 0 Å². The molecule has 186 valence electrons. The normalized spacial score (nSPS) is 25.8. The molecule has 36 heavy (non-hydrogen) atoms. The third-order valence-electron chi connectivity index (χ3n) is 7.79. The van der Waals surface area contributed by atoms with Gasteiger partial charge in [-0.25, -0.2) is 0 Å². The molecule has 0 N–H and O–H groups in total. The molecule has 0 spiro atoms. The quantitative estimate of drug-likeness (QED) is 0.326. The van der Waals surface area contributed by atoms with Crippen molar-refractivity contribution in [3.05, 3.63) is 79.1 Å². The zero-order chi connectivity index (χ0) is 25.6. The molecule has 0 saturated heterocycles. The first-order valence-corrected chi connectivity index (χ1v) is 14.0. The van der Waals surface area contributed by atoms with Crippen molar-refractivity contribution in [2.45, 2.75) is 65.2 Å². The molecule has 0 bridgehead atoms. The van der Waals surface area contributed by atoms with Crippen LogP contribution in [0.15, 0.2) is 68.0 Å². The van der Waals surface area contributed by atoms with Crippen molar-refractivity contribution >= 4 is 43.4 Å². The van der Waals surface area contributed by atoms with E-state index in [0.29, 0.717) is 36.8 Å². The summed E-state index contributed by atoms with van der Waals surface area (Å²) < 4.78 is 14.7. The fraction of sp³-hybridized carbons (Fsp3) is 0.400. The predicted molar refractivity (Wildman–Crippen MR) is 145 cm³/mol. The minimum atomic E-state index is -0.336. The molecule has 0 radical (unpaired) electrons. The van der Waals surface area contributed by atoms with Crippen molar-refractivity contribution in [1.82, 2.24) is 0 Å². The van der Waals surface area contributed by atoms with Gasteiger partial charge in [0.15, 0.2) is 11.6 Å². The summed E-state index contributed by atoms with van der Waals surface area (Å²) in [6, 6.07) is 11.9. The Labute approximate surface area is 228 Å². The second kappa shape index (κ2) is 8.16. The molecule has 2 aromatic carbocycles. The van der Waals surface area contributed by atoms with Gasteiger partial charge in [-0.3, -0.25) is 9.59 Å². The second-order valence-electron chi connectivity index (χ2n) is 12.1. The monoisotopic (exact) mass is 610 g/mol. The smallest absolute Gasteiger partial charge is 0.163 e. The maximum atomic E-state index is 13.8. The molecule has 0 amide bonds. The molecule has 4 aliphatic rings. The van der Waals surface area contributed by atoms with Crippen molar-refractivity contribution in [2.24, 2.45) is 10.8 Å². The number of rotatable bonds is 1. The average Bonchev–Trinajstić information content (AvgIpc) is 2.75. The van der Waals surface area contributed by atoms with Crippen LogP contribution < -0.4 is 9.47 Å². The lowest BCUT2D eigenvalue weighted by atomic mass is 9.62. The van der Waals surface area contributed by atoms with E-state index in [1.807, 2.05) is 36.4 Å². The van der Waals surface area contributed by atoms with Gasteiger partial charge < -0.3 is 9.47 Å². The molecule has 0 saturated carbocycles. The van der Waals surface area contributed by atoms with Gasteiger partial charge in [-0.2, -0.15) is 0 Å². The molecule has 4 nitrogen and oxygen atoms in total. The molecule has 2 aromatic rings. The Morgan fingerprint density at radius 3 is 1.44 bits per heavy atom. The number of carbonyl (C=O) groups excluding carboxylic acids is 2. The molecule has 6 rings (SSSR count). The highest BCUT2D eigenvalue weighted by Crippen LogP contribution is 2.59. The van der Waals surface area contributed by atoms with Crippen LogP contribution in [0.5, 0.6) is 11.5 Å². The van der Waals surface area contributed by atoms with Crippen molar-refractivity contribution in [1.29, 1.82) is 0 Å². The van der Waals surface area contributed by atoms with Crippen molar-refractivity contribution < 1.29 is 19.1 Å². The predicted octanol–water partition coefficient (Wildman–Crippen LogP) is 8.15. The maximum Gasteiger partial charge on any atom is 0.163 e. The van der Waals surface area contributed by atoms with Gasteiger partial charge in [-0.1, -0.05) is 59.6 Å². The first-order valence-electron chi connectivity index (χ1n) is 12.4. The van der Waals surface area contributed by atoms with Crippen LogP contribution >= 0.6 is 31.9 Å². The van der Waals surface area contributed by atoms with Crippen molar-refractivity contribution in [3.63, 3.8) is 0 Å². The van der Waals surface area contributed by atoms with E-state index in [9.17, 15) is 9.59 Å². The lowest BCUT2D eigenvalue weighted by Crippen LogP contribution is -2.38. The first kappa shape index (κ1) is 24.2. The van der Waals surface area contributed by atoms with Crippen LogP contribution in [-0.4, -0.2) is 11.6 Å². The van der Waals surface area contributed by atoms with Crippen LogP contribution in [0.4, 0.5) is 0 Å². The van der Waals surface area contributed by atoms with Gasteiger partial charge in [0.25, 0.3) is 0 Å². The highest BCUT2D eigenvalue weighted by molar-refractivity contribution is 9.10. The molecular formula is C30H28Br2O4. The molecule has 2 aliphatic heterocycles. The molecule has 0 fully saturated rings. The summed E-state index contributed by atoms with van der Waals surface area (Å²) in [7, 11) is 0. The molecule has 2 aliphatic carbocycles. The Balaban J connectivity index is 1.65.